The highest BCUT2D eigenvalue weighted by molar-refractivity contribution is 4.99. The van der Waals surface area contributed by atoms with Crippen LogP contribution < -0.4 is 0 Å². The van der Waals surface area contributed by atoms with Gasteiger partial charge in [0, 0.05) is 7.11 Å². The molecule has 0 aromatic carbocycles. The number of aliphatic hydroxyl groups is 16. The van der Waals surface area contributed by atoms with Crippen molar-refractivity contribution in [1.82, 2.24) is 0 Å². The van der Waals surface area contributed by atoms with Crippen LogP contribution in [-0.2, 0) is 47.4 Å². The minimum absolute atomic E-state index is 0.675. The van der Waals surface area contributed by atoms with Crippen molar-refractivity contribution in [3.63, 3.8) is 0 Å². The lowest BCUT2D eigenvalue weighted by Crippen LogP contribution is -2.68. The smallest absolute Gasteiger partial charge is 0.187 e. The number of methoxy groups -OCH3 is 1. The first kappa shape index (κ1) is 47.0. The lowest BCUT2D eigenvalue weighted by Gasteiger charge is -2.49. The Labute approximate surface area is 323 Å². The summed E-state index contributed by atoms with van der Waals surface area (Å²) in [5.41, 5.74) is 0. The molecule has 25 atom stereocenters. The fourth-order valence-corrected chi connectivity index (χ4v) is 7.31. The van der Waals surface area contributed by atoms with Crippen LogP contribution in [0, 0.1) is 0 Å². The van der Waals surface area contributed by atoms with Crippen LogP contribution in [0.1, 0.15) is 0 Å². The van der Waals surface area contributed by atoms with Crippen molar-refractivity contribution < 1.29 is 129 Å². The Morgan fingerprint density at radius 3 is 0.807 bits per heavy atom. The molecule has 1 unspecified atom stereocenters. The molecule has 0 spiro atoms. The number of rotatable bonds is 14. The highest BCUT2D eigenvalue weighted by Crippen LogP contribution is 2.35. The standard InChI is InChI=1S/C31H54O26/c1-48-22-7(2-32)50-28(18(43)13(22)38)55-24-9(4-34)52-30(20(45)15(24)40)57-26-11(6-36)53-31(21(46)16(26)41)56-25-10(5-35)51-29(19(44)14(25)39)54-23-8(3-33)49-27(47)17(42)12(23)37/h7-47H,2-6H2,1H3/t7-,8-,9-,10-,11-,12-,13-,14-,15-,16-,17-,18-,19-,20-,21-,22-,23-,24-,25-,26-,27?,28-,29-,30-,31-/m1/s1. The van der Waals surface area contributed by atoms with Crippen molar-refractivity contribution in [2.75, 3.05) is 40.1 Å². The van der Waals surface area contributed by atoms with Crippen LogP contribution in [-0.4, -0.2) is 275 Å². The van der Waals surface area contributed by atoms with Gasteiger partial charge in [-0.3, -0.25) is 0 Å². The average molecular weight is 843 g/mol. The predicted molar refractivity (Wildman–Crippen MR) is 171 cm³/mol. The zero-order valence-corrected chi connectivity index (χ0v) is 30.2. The molecule has 5 saturated heterocycles. The van der Waals surface area contributed by atoms with E-state index in [0.717, 1.165) is 0 Å². The van der Waals surface area contributed by atoms with Gasteiger partial charge in [0.2, 0.25) is 0 Å². The zero-order chi connectivity index (χ0) is 42.0. The summed E-state index contributed by atoms with van der Waals surface area (Å²) in [4.78, 5) is 0. The van der Waals surface area contributed by atoms with Gasteiger partial charge in [0.05, 0.1) is 33.0 Å². The highest BCUT2D eigenvalue weighted by Gasteiger charge is 2.56. The summed E-state index contributed by atoms with van der Waals surface area (Å²) < 4.78 is 54.6. The molecule has 5 aliphatic rings. The van der Waals surface area contributed by atoms with E-state index in [1.54, 1.807) is 0 Å². The number of ether oxygens (including phenoxy) is 10. The molecule has 334 valence electrons. The van der Waals surface area contributed by atoms with Crippen LogP contribution in [0.15, 0.2) is 0 Å². The summed E-state index contributed by atoms with van der Waals surface area (Å²) >= 11 is 0. The summed E-state index contributed by atoms with van der Waals surface area (Å²) in [6.45, 7) is -4.33. The van der Waals surface area contributed by atoms with Crippen LogP contribution in [0.4, 0.5) is 0 Å². The van der Waals surface area contributed by atoms with E-state index in [1.165, 1.54) is 7.11 Å². The quantitative estimate of drug-likeness (QED) is 0.0772. The fraction of sp³-hybridized carbons (Fsp3) is 1.00. The number of hydrogen-bond donors (Lipinski definition) is 16. The Bertz CT molecular complexity index is 1220. The molecule has 5 heterocycles. The van der Waals surface area contributed by atoms with Gasteiger partial charge >= 0.3 is 0 Å². The molecule has 5 fully saturated rings. The van der Waals surface area contributed by atoms with E-state index in [-0.39, 0.29) is 0 Å². The molecule has 0 aromatic rings. The topological polar surface area (TPSA) is 416 Å². The van der Waals surface area contributed by atoms with Gasteiger partial charge in [-0.25, -0.2) is 0 Å². The molecule has 0 aliphatic carbocycles. The summed E-state index contributed by atoms with van der Waals surface area (Å²) in [5, 5.41) is 167. The Morgan fingerprint density at radius 2 is 0.544 bits per heavy atom. The van der Waals surface area contributed by atoms with Gasteiger partial charge in [-0.05, 0) is 0 Å². The van der Waals surface area contributed by atoms with E-state index < -0.39 is 187 Å². The van der Waals surface area contributed by atoms with Gasteiger partial charge < -0.3 is 129 Å². The first-order chi connectivity index (χ1) is 27.1. The molecule has 0 bridgehead atoms. The molecular formula is C31H54O26. The van der Waals surface area contributed by atoms with E-state index in [0.29, 0.717) is 0 Å². The molecule has 16 N–H and O–H groups in total. The van der Waals surface area contributed by atoms with Crippen LogP contribution in [0.25, 0.3) is 0 Å². The SMILES string of the molecule is CO[C@H]1[C@H](O)[C@@H](O)[C@@H](O[C@H]2[C@H](O)[C@@H](O)[C@@H](O[C@H]3[C@H](O)[C@@H](O)[C@@H](O[C@H]4[C@H](O)[C@@H](O)[C@@H](O[C@H]5[C@H](O)[C@@H](O)C(O)O[C@@H]5CO)O[C@@H]4CO)O[C@@H]3CO)O[C@@H]2CO)O[C@@H]1CO. The van der Waals surface area contributed by atoms with Crippen molar-refractivity contribution in [2.24, 2.45) is 0 Å². The lowest BCUT2D eigenvalue weighted by atomic mass is 9.95. The van der Waals surface area contributed by atoms with Crippen LogP contribution in [0.3, 0.4) is 0 Å². The maximum absolute atomic E-state index is 11.1. The largest absolute Gasteiger partial charge is 0.394 e. The average Bonchev–Trinajstić information content (AvgIpc) is 3.20. The second-order valence-electron chi connectivity index (χ2n) is 14.2. The monoisotopic (exact) mass is 842 g/mol. The fourth-order valence-electron chi connectivity index (χ4n) is 7.31. The first-order valence-electron chi connectivity index (χ1n) is 18.0. The van der Waals surface area contributed by atoms with E-state index in [2.05, 4.69) is 0 Å². The van der Waals surface area contributed by atoms with Crippen molar-refractivity contribution in [3.05, 3.63) is 0 Å². The van der Waals surface area contributed by atoms with Crippen LogP contribution >= 0.6 is 0 Å². The van der Waals surface area contributed by atoms with E-state index in [9.17, 15) is 81.7 Å². The first-order valence-corrected chi connectivity index (χ1v) is 18.0. The maximum Gasteiger partial charge on any atom is 0.187 e. The summed E-state index contributed by atoms with van der Waals surface area (Å²) in [5.74, 6) is 0. The van der Waals surface area contributed by atoms with Crippen LogP contribution in [0.2, 0.25) is 0 Å². The molecule has 26 nitrogen and oxygen atoms in total. The zero-order valence-electron chi connectivity index (χ0n) is 30.2. The second kappa shape index (κ2) is 20.2. The minimum atomic E-state index is -2.11. The molecule has 5 rings (SSSR count). The predicted octanol–water partition coefficient (Wildman–Crippen LogP) is -11.3. The molecule has 0 radical (unpaired) electrons. The Hall–Kier alpha value is -1.04. The minimum Gasteiger partial charge on any atom is -0.394 e. The van der Waals surface area contributed by atoms with E-state index in [1.807, 2.05) is 0 Å². The summed E-state index contributed by atoms with van der Waals surface area (Å²) in [7, 11) is 1.20. The molecule has 57 heavy (non-hydrogen) atoms. The molecule has 5 aliphatic heterocycles. The van der Waals surface area contributed by atoms with Crippen molar-refractivity contribution in [3.8, 4) is 0 Å². The summed E-state index contributed by atoms with van der Waals surface area (Å²) in [6.07, 6.45) is -44.3. The number of aliphatic hydroxyl groups excluding tert-OH is 16. The van der Waals surface area contributed by atoms with Gasteiger partial charge in [-0.1, -0.05) is 0 Å². The third kappa shape index (κ3) is 9.56. The second-order valence-corrected chi connectivity index (χ2v) is 14.2. The van der Waals surface area contributed by atoms with Gasteiger partial charge in [-0.2, -0.15) is 0 Å². The van der Waals surface area contributed by atoms with Crippen LogP contribution in [0.5, 0.6) is 0 Å². The maximum atomic E-state index is 11.1. The van der Waals surface area contributed by atoms with E-state index >= 15 is 0 Å². The molecular weight excluding hydrogens is 788 g/mol. The van der Waals surface area contributed by atoms with Gasteiger partial charge in [-0.15, -0.1) is 0 Å². The molecule has 0 aromatic heterocycles. The van der Waals surface area contributed by atoms with Crippen molar-refractivity contribution >= 4 is 0 Å². The third-order valence-corrected chi connectivity index (χ3v) is 10.6. The van der Waals surface area contributed by atoms with Gasteiger partial charge in [0.1, 0.15) is 122 Å². The lowest BCUT2D eigenvalue weighted by molar-refractivity contribution is -0.393. The Balaban J connectivity index is 1.22. The van der Waals surface area contributed by atoms with Gasteiger partial charge in [0.25, 0.3) is 0 Å². The third-order valence-electron chi connectivity index (χ3n) is 10.6. The molecule has 0 amide bonds. The normalized spacial score (nSPS) is 52.5. The highest BCUT2D eigenvalue weighted by atomic mass is 16.8. The van der Waals surface area contributed by atoms with Gasteiger partial charge in [0.15, 0.2) is 31.5 Å². The van der Waals surface area contributed by atoms with E-state index in [4.69, 9.17) is 47.4 Å². The molecule has 0 saturated carbocycles. The molecule has 26 heteroatoms. The Kier molecular flexibility index (Phi) is 16.7. The van der Waals surface area contributed by atoms with Crippen molar-refractivity contribution in [2.45, 2.75) is 154 Å². The number of hydrogen-bond acceptors (Lipinski definition) is 26. The van der Waals surface area contributed by atoms with Crippen molar-refractivity contribution in [1.29, 1.82) is 0 Å². The summed E-state index contributed by atoms with van der Waals surface area (Å²) in [6, 6.07) is 0. The Morgan fingerprint density at radius 1 is 0.316 bits per heavy atom.